The molecule has 346 valence electrons. The van der Waals surface area contributed by atoms with E-state index in [0.717, 1.165) is 30.6 Å². The molecule has 0 unspecified atom stereocenters. The molecule has 3 heteroatoms. The van der Waals surface area contributed by atoms with E-state index >= 15 is 0 Å². The molecule has 2 aromatic rings. The smallest absolute Gasteiger partial charge is 0.0633 e. The predicted molar refractivity (Wildman–Crippen MR) is 268 cm³/mol. The quantitative estimate of drug-likeness (QED) is 0.0360. The molecule has 0 aliphatic heterocycles. The van der Waals surface area contributed by atoms with Crippen molar-refractivity contribution >= 4 is 22.8 Å². The Bertz CT molecular complexity index is 1250. The van der Waals surface area contributed by atoms with Gasteiger partial charge in [-0.1, -0.05) is 251 Å². The summed E-state index contributed by atoms with van der Waals surface area (Å²) in [6, 6.07) is 18.3. The van der Waals surface area contributed by atoms with Crippen LogP contribution in [0.1, 0.15) is 276 Å². The van der Waals surface area contributed by atoms with E-state index in [0.29, 0.717) is 0 Å². The molecule has 0 saturated heterocycles. The second-order valence-electron chi connectivity index (χ2n) is 18.4. The van der Waals surface area contributed by atoms with Crippen LogP contribution in [0.15, 0.2) is 58.5 Å². The summed E-state index contributed by atoms with van der Waals surface area (Å²) in [6.07, 6.45) is 52.9. The van der Waals surface area contributed by atoms with Crippen molar-refractivity contribution in [3.63, 3.8) is 0 Å². The van der Waals surface area contributed by atoms with Crippen LogP contribution in [-0.4, -0.2) is 11.4 Å². The first-order valence-electron chi connectivity index (χ1n) is 26.5. The number of hydrogen-bond acceptors (Lipinski definition) is 2. The van der Waals surface area contributed by atoms with Gasteiger partial charge in [-0.3, -0.25) is 9.98 Å². The van der Waals surface area contributed by atoms with Gasteiger partial charge in [-0.15, -0.1) is 0 Å². The molecule has 2 aromatic carbocycles. The van der Waals surface area contributed by atoms with E-state index in [2.05, 4.69) is 76.2 Å². The Morgan fingerprint density at radius 1 is 0.283 bits per heavy atom. The first-order valence-corrected chi connectivity index (χ1v) is 26.5. The van der Waals surface area contributed by atoms with Gasteiger partial charge in [0.1, 0.15) is 0 Å². The van der Waals surface area contributed by atoms with E-state index in [1.165, 1.54) is 254 Å². The number of unbranched alkanes of at least 4 members (excludes halogenated alkanes) is 31. The van der Waals surface area contributed by atoms with Gasteiger partial charge in [-0.25, -0.2) is 0 Å². The molecule has 0 fully saturated rings. The van der Waals surface area contributed by atoms with Crippen LogP contribution in [0.4, 0.5) is 11.4 Å². The Labute approximate surface area is 388 Å². The fourth-order valence-electron chi connectivity index (χ4n) is 8.60. The average Bonchev–Trinajstić information content (AvgIpc) is 3.26. The van der Waals surface area contributed by atoms with E-state index in [4.69, 9.17) is 9.98 Å². The van der Waals surface area contributed by atoms with Crippen LogP contribution in [-0.2, 0) is 33.3 Å². The van der Waals surface area contributed by atoms with Crippen LogP contribution in [0.25, 0.3) is 0 Å². The molecular weight excluding hydrogens is 819 g/mol. The molecule has 0 aliphatic carbocycles. The molecule has 0 heterocycles. The molecule has 0 amide bonds. The number of aliphatic imine (C=N–C) groups is 2. The van der Waals surface area contributed by atoms with Gasteiger partial charge in [0.25, 0.3) is 0 Å². The van der Waals surface area contributed by atoms with Gasteiger partial charge < -0.3 is 0 Å². The standard InChI is InChI=1S/C57H98N2.Pd/c1-5-9-13-15-17-19-21-23-25-27-29-31-33-35-38-40-52-44-48-54(49-45-52)58-56(42-12-8-4)57(43-37-11-7-3)59-55-50-46-53(47-51-55)41-39-36-34-32-30-28-26-24-22-20-18-16-14-10-6-2;/h44-51H,5-43H2,1-4H3;. The van der Waals surface area contributed by atoms with E-state index in [1.807, 2.05) is 0 Å². The fraction of sp³-hybridized carbons (Fsp3) is 0.754. The van der Waals surface area contributed by atoms with Crippen molar-refractivity contribution in [2.45, 2.75) is 278 Å². The van der Waals surface area contributed by atoms with Crippen LogP contribution in [0.2, 0.25) is 0 Å². The molecule has 0 bridgehead atoms. The molecule has 0 aliphatic rings. The molecule has 2 rings (SSSR count). The third-order valence-electron chi connectivity index (χ3n) is 12.7. The van der Waals surface area contributed by atoms with Gasteiger partial charge in [0, 0.05) is 20.4 Å². The molecule has 0 radical (unpaired) electrons. The third-order valence-corrected chi connectivity index (χ3v) is 12.7. The maximum absolute atomic E-state index is 5.31. The van der Waals surface area contributed by atoms with Gasteiger partial charge in [0.05, 0.1) is 22.8 Å². The normalized spacial score (nSPS) is 12.0. The topological polar surface area (TPSA) is 24.7 Å². The monoisotopic (exact) mass is 917 g/mol. The largest absolute Gasteiger partial charge is 0.252 e. The number of rotatable bonds is 42. The van der Waals surface area contributed by atoms with E-state index in [-0.39, 0.29) is 20.4 Å². The van der Waals surface area contributed by atoms with Gasteiger partial charge in [-0.05, 0) is 86.8 Å². The van der Waals surface area contributed by atoms with Gasteiger partial charge in [-0.2, -0.15) is 0 Å². The summed E-state index contributed by atoms with van der Waals surface area (Å²) < 4.78 is 0. The molecular formula is C57H98N2Pd. The Morgan fingerprint density at radius 3 is 0.800 bits per heavy atom. The van der Waals surface area contributed by atoms with Crippen molar-refractivity contribution in [1.29, 1.82) is 0 Å². The second kappa shape index (κ2) is 42.7. The molecule has 0 spiro atoms. The zero-order chi connectivity index (χ0) is 42.1. The van der Waals surface area contributed by atoms with Gasteiger partial charge in [0.15, 0.2) is 0 Å². The van der Waals surface area contributed by atoms with Gasteiger partial charge >= 0.3 is 0 Å². The Balaban J connectivity index is 0.0000180. The van der Waals surface area contributed by atoms with Crippen LogP contribution < -0.4 is 0 Å². The molecule has 0 N–H and O–H groups in total. The second-order valence-corrected chi connectivity index (χ2v) is 18.4. The SMILES string of the molecule is CCCCCCCCCCCCCCCCCc1ccc(N=C(CCCC)C(CCCCC)=Nc2ccc(CCCCCCCCCCCCCCCCC)cc2)cc1.[Pd]. The fourth-order valence-corrected chi connectivity index (χ4v) is 8.60. The number of aryl methyl sites for hydroxylation is 2. The third kappa shape index (κ3) is 32.2. The zero-order valence-corrected chi connectivity index (χ0v) is 42.0. The molecule has 0 aromatic heterocycles. The molecule has 60 heavy (non-hydrogen) atoms. The maximum atomic E-state index is 5.31. The Hall–Kier alpha value is -1.56. The molecule has 2 nitrogen and oxygen atoms in total. The van der Waals surface area contributed by atoms with Crippen molar-refractivity contribution in [3.8, 4) is 0 Å². The summed E-state index contributed by atoms with van der Waals surface area (Å²) in [7, 11) is 0. The van der Waals surface area contributed by atoms with Crippen LogP contribution >= 0.6 is 0 Å². The van der Waals surface area contributed by atoms with E-state index in [9.17, 15) is 0 Å². The first-order chi connectivity index (χ1) is 29.2. The summed E-state index contributed by atoms with van der Waals surface area (Å²) in [6.45, 7) is 9.19. The van der Waals surface area contributed by atoms with Crippen LogP contribution in [0.5, 0.6) is 0 Å². The summed E-state index contributed by atoms with van der Waals surface area (Å²) >= 11 is 0. The molecule has 0 atom stereocenters. The summed E-state index contributed by atoms with van der Waals surface area (Å²) in [5.74, 6) is 0. The summed E-state index contributed by atoms with van der Waals surface area (Å²) in [5, 5.41) is 0. The van der Waals surface area contributed by atoms with Crippen LogP contribution in [0, 0.1) is 0 Å². The summed E-state index contributed by atoms with van der Waals surface area (Å²) in [5.41, 5.74) is 7.47. The van der Waals surface area contributed by atoms with Crippen molar-refractivity contribution < 1.29 is 20.4 Å². The zero-order valence-electron chi connectivity index (χ0n) is 40.4. The number of benzene rings is 2. The Morgan fingerprint density at radius 2 is 0.517 bits per heavy atom. The minimum atomic E-state index is 0. The Kier molecular flexibility index (Phi) is 40.2. The predicted octanol–water partition coefficient (Wildman–Crippen LogP) is 20.1. The van der Waals surface area contributed by atoms with Crippen molar-refractivity contribution in [2.24, 2.45) is 9.98 Å². The number of hydrogen-bond donors (Lipinski definition) is 0. The van der Waals surface area contributed by atoms with Crippen molar-refractivity contribution in [3.05, 3.63) is 59.7 Å². The summed E-state index contributed by atoms with van der Waals surface area (Å²) in [4.78, 5) is 10.6. The van der Waals surface area contributed by atoms with E-state index < -0.39 is 0 Å². The van der Waals surface area contributed by atoms with Crippen molar-refractivity contribution in [1.82, 2.24) is 0 Å². The van der Waals surface area contributed by atoms with Crippen LogP contribution in [0.3, 0.4) is 0 Å². The minimum Gasteiger partial charge on any atom is -0.252 e. The van der Waals surface area contributed by atoms with E-state index in [1.54, 1.807) is 0 Å². The minimum absolute atomic E-state index is 0. The number of nitrogens with zero attached hydrogens (tertiary/aromatic N) is 2. The van der Waals surface area contributed by atoms with Gasteiger partial charge in [0.2, 0.25) is 0 Å². The molecule has 0 saturated carbocycles. The van der Waals surface area contributed by atoms with Crippen molar-refractivity contribution in [2.75, 3.05) is 0 Å². The first kappa shape index (κ1) is 56.5. The maximum Gasteiger partial charge on any atom is 0.0633 e. The average molecular weight is 918 g/mol.